The van der Waals surface area contributed by atoms with Gasteiger partial charge in [-0.3, -0.25) is 0 Å². The van der Waals surface area contributed by atoms with E-state index >= 15 is 0 Å². The standard InChI is InChI=1S/C24H23ClN4/c1-4-16(3)21-10-9-20(14-17(21)5-2)27-23-24-26-11-12-29(24)15-22(28-23)18-7-6-8-19(25)13-18/h6-15H,3-5H2,1-2H3,(H,27,28). The molecule has 0 fully saturated rings. The van der Waals surface area contributed by atoms with Gasteiger partial charge in [0.05, 0.1) is 5.69 Å². The number of nitrogens with one attached hydrogen (secondary N) is 1. The molecule has 0 saturated heterocycles. The summed E-state index contributed by atoms with van der Waals surface area (Å²) in [6.45, 7) is 8.49. The van der Waals surface area contributed by atoms with Gasteiger partial charge in [0, 0.05) is 34.9 Å². The average Bonchev–Trinajstić information content (AvgIpc) is 3.22. The van der Waals surface area contributed by atoms with E-state index in [4.69, 9.17) is 16.6 Å². The lowest BCUT2D eigenvalue weighted by Crippen LogP contribution is -2.01. The Morgan fingerprint density at radius 1 is 1.17 bits per heavy atom. The minimum absolute atomic E-state index is 0.684. The molecule has 0 spiro atoms. The average molecular weight is 403 g/mol. The highest BCUT2D eigenvalue weighted by Crippen LogP contribution is 2.29. The number of fused-ring (bicyclic) bond motifs is 1. The number of hydrogen-bond acceptors (Lipinski definition) is 3. The molecule has 2 aromatic carbocycles. The molecule has 0 aliphatic carbocycles. The van der Waals surface area contributed by atoms with E-state index in [0.717, 1.165) is 41.0 Å². The summed E-state index contributed by atoms with van der Waals surface area (Å²) in [5.41, 5.74) is 7.20. The van der Waals surface area contributed by atoms with Crippen molar-refractivity contribution in [1.29, 1.82) is 0 Å². The number of anilines is 2. The van der Waals surface area contributed by atoms with Crippen molar-refractivity contribution in [2.24, 2.45) is 0 Å². The van der Waals surface area contributed by atoms with Gasteiger partial charge in [0.1, 0.15) is 0 Å². The summed E-state index contributed by atoms with van der Waals surface area (Å²) >= 11 is 6.18. The summed E-state index contributed by atoms with van der Waals surface area (Å²) in [6.07, 6.45) is 7.54. The van der Waals surface area contributed by atoms with Crippen LogP contribution >= 0.6 is 11.6 Å². The maximum Gasteiger partial charge on any atom is 0.180 e. The van der Waals surface area contributed by atoms with Gasteiger partial charge in [-0.25, -0.2) is 9.97 Å². The summed E-state index contributed by atoms with van der Waals surface area (Å²) in [4.78, 5) is 9.30. The van der Waals surface area contributed by atoms with Crippen LogP contribution in [0.3, 0.4) is 0 Å². The monoisotopic (exact) mass is 402 g/mol. The van der Waals surface area contributed by atoms with Crippen molar-refractivity contribution in [3.8, 4) is 11.3 Å². The zero-order valence-corrected chi connectivity index (χ0v) is 17.4. The van der Waals surface area contributed by atoms with Gasteiger partial charge in [0.25, 0.3) is 0 Å². The lowest BCUT2D eigenvalue weighted by molar-refractivity contribution is 1.11. The lowest BCUT2D eigenvalue weighted by Gasteiger charge is -2.14. The van der Waals surface area contributed by atoms with Gasteiger partial charge in [0.15, 0.2) is 11.5 Å². The quantitative estimate of drug-likeness (QED) is 0.386. The Morgan fingerprint density at radius 2 is 2.03 bits per heavy atom. The molecule has 0 radical (unpaired) electrons. The molecule has 29 heavy (non-hydrogen) atoms. The number of hydrogen-bond donors (Lipinski definition) is 1. The Morgan fingerprint density at radius 3 is 2.79 bits per heavy atom. The van der Waals surface area contributed by atoms with Gasteiger partial charge in [-0.2, -0.15) is 0 Å². The first kappa shape index (κ1) is 19.2. The van der Waals surface area contributed by atoms with Crippen LogP contribution in [-0.2, 0) is 6.42 Å². The highest BCUT2D eigenvalue weighted by molar-refractivity contribution is 6.30. The van der Waals surface area contributed by atoms with Crippen LogP contribution in [0.15, 0.2) is 67.6 Å². The highest BCUT2D eigenvalue weighted by Gasteiger charge is 2.11. The van der Waals surface area contributed by atoms with E-state index in [1.54, 1.807) is 6.20 Å². The minimum atomic E-state index is 0.684. The van der Waals surface area contributed by atoms with E-state index in [1.807, 2.05) is 41.1 Å². The van der Waals surface area contributed by atoms with Crippen LogP contribution in [0.4, 0.5) is 11.5 Å². The van der Waals surface area contributed by atoms with E-state index in [0.29, 0.717) is 10.8 Å². The number of imidazole rings is 1. The van der Waals surface area contributed by atoms with Crippen LogP contribution in [0.25, 0.3) is 22.5 Å². The SMILES string of the molecule is C=C(CC)c1ccc(Nc2nc(-c3cccc(Cl)c3)cn3ccnc23)cc1CC. The molecule has 2 heterocycles. The molecular formula is C24H23ClN4. The fourth-order valence-electron chi connectivity index (χ4n) is 3.44. The van der Waals surface area contributed by atoms with Crippen LogP contribution in [0.2, 0.25) is 5.02 Å². The molecule has 1 N–H and O–H groups in total. The molecule has 146 valence electrons. The first-order valence-electron chi connectivity index (χ1n) is 9.76. The molecule has 5 heteroatoms. The zero-order valence-electron chi connectivity index (χ0n) is 16.6. The van der Waals surface area contributed by atoms with Crippen molar-refractivity contribution >= 4 is 34.3 Å². The van der Waals surface area contributed by atoms with Crippen LogP contribution < -0.4 is 5.32 Å². The lowest BCUT2D eigenvalue weighted by atomic mass is 9.97. The van der Waals surface area contributed by atoms with E-state index in [1.165, 1.54) is 11.1 Å². The third kappa shape index (κ3) is 3.89. The number of benzene rings is 2. The molecule has 0 bridgehead atoms. The van der Waals surface area contributed by atoms with Crippen molar-refractivity contribution in [2.45, 2.75) is 26.7 Å². The van der Waals surface area contributed by atoms with Crippen LogP contribution in [-0.4, -0.2) is 14.4 Å². The van der Waals surface area contributed by atoms with Crippen LogP contribution in [0.5, 0.6) is 0 Å². The van der Waals surface area contributed by atoms with Gasteiger partial charge in [0.2, 0.25) is 0 Å². The van der Waals surface area contributed by atoms with Crippen molar-refractivity contribution < 1.29 is 0 Å². The third-order valence-electron chi connectivity index (χ3n) is 5.05. The van der Waals surface area contributed by atoms with Gasteiger partial charge in [-0.05, 0) is 53.8 Å². The van der Waals surface area contributed by atoms with Crippen molar-refractivity contribution in [3.05, 3.63) is 83.8 Å². The molecule has 4 aromatic rings. The maximum absolute atomic E-state index is 6.18. The van der Waals surface area contributed by atoms with E-state index in [9.17, 15) is 0 Å². The van der Waals surface area contributed by atoms with Crippen LogP contribution in [0, 0.1) is 0 Å². The molecule has 0 saturated carbocycles. The second kappa shape index (κ2) is 8.10. The largest absolute Gasteiger partial charge is 0.337 e. The number of nitrogens with zero attached hydrogens (tertiary/aromatic N) is 3. The summed E-state index contributed by atoms with van der Waals surface area (Å²) in [5.74, 6) is 0.705. The minimum Gasteiger partial charge on any atom is -0.337 e. The molecule has 0 amide bonds. The van der Waals surface area contributed by atoms with Crippen molar-refractivity contribution in [3.63, 3.8) is 0 Å². The number of allylic oxidation sites excluding steroid dienone is 1. The van der Waals surface area contributed by atoms with Crippen molar-refractivity contribution in [1.82, 2.24) is 14.4 Å². The Balaban J connectivity index is 1.76. The molecule has 0 unspecified atom stereocenters. The Labute approximate surface area is 175 Å². The predicted octanol–water partition coefficient (Wildman–Crippen LogP) is 6.78. The zero-order chi connectivity index (χ0) is 20.4. The molecule has 2 aromatic heterocycles. The fourth-order valence-corrected chi connectivity index (χ4v) is 3.63. The second-order valence-corrected chi connectivity index (χ2v) is 7.39. The number of halogens is 1. The Bertz CT molecular complexity index is 1190. The van der Waals surface area contributed by atoms with E-state index in [-0.39, 0.29) is 0 Å². The molecule has 0 atom stereocenters. The molecule has 4 rings (SSSR count). The summed E-state index contributed by atoms with van der Waals surface area (Å²) < 4.78 is 1.97. The molecule has 0 aliphatic rings. The van der Waals surface area contributed by atoms with Crippen LogP contribution in [0.1, 0.15) is 31.4 Å². The van der Waals surface area contributed by atoms with E-state index < -0.39 is 0 Å². The predicted molar refractivity (Wildman–Crippen MR) is 122 cm³/mol. The summed E-state index contributed by atoms with van der Waals surface area (Å²) in [6, 6.07) is 14.1. The van der Waals surface area contributed by atoms with Crippen molar-refractivity contribution in [2.75, 3.05) is 5.32 Å². The maximum atomic E-state index is 6.18. The van der Waals surface area contributed by atoms with Gasteiger partial charge in [-0.15, -0.1) is 0 Å². The molecule has 4 nitrogen and oxygen atoms in total. The number of aromatic nitrogens is 3. The summed E-state index contributed by atoms with van der Waals surface area (Å²) in [7, 11) is 0. The third-order valence-corrected chi connectivity index (χ3v) is 5.29. The Kier molecular flexibility index (Phi) is 5.36. The summed E-state index contributed by atoms with van der Waals surface area (Å²) in [5, 5.41) is 4.14. The van der Waals surface area contributed by atoms with Gasteiger partial charge >= 0.3 is 0 Å². The smallest absolute Gasteiger partial charge is 0.180 e. The normalized spacial score (nSPS) is 11.0. The number of rotatable bonds is 6. The van der Waals surface area contributed by atoms with Gasteiger partial charge in [-0.1, -0.05) is 50.2 Å². The fraction of sp³-hybridized carbons (Fsp3) is 0.167. The second-order valence-electron chi connectivity index (χ2n) is 6.95. The van der Waals surface area contributed by atoms with E-state index in [2.05, 4.69) is 48.9 Å². The van der Waals surface area contributed by atoms with Gasteiger partial charge < -0.3 is 9.72 Å². The molecule has 0 aliphatic heterocycles. The highest BCUT2D eigenvalue weighted by atomic mass is 35.5. The topological polar surface area (TPSA) is 42.2 Å². The molecular weight excluding hydrogens is 380 g/mol. The Hall–Kier alpha value is -3.11. The number of aryl methyl sites for hydroxylation is 1. The first-order chi connectivity index (χ1) is 14.1. The first-order valence-corrected chi connectivity index (χ1v) is 10.1.